The van der Waals surface area contributed by atoms with Crippen LogP contribution in [0.1, 0.15) is 50.9 Å². The van der Waals surface area contributed by atoms with Crippen molar-refractivity contribution in [2.45, 2.75) is 51.9 Å². The van der Waals surface area contributed by atoms with Gasteiger partial charge in [0.1, 0.15) is 11.7 Å². The Balaban J connectivity index is 1.80. The van der Waals surface area contributed by atoms with Crippen LogP contribution in [0.5, 0.6) is 0 Å². The highest BCUT2D eigenvalue weighted by Gasteiger charge is 2.43. The third kappa shape index (κ3) is 4.23. The first kappa shape index (κ1) is 20.4. The van der Waals surface area contributed by atoms with Crippen LogP contribution in [0.3, 0.4) is 0 Å². The molecule has 9 heteroatoms. The standard InChI is InChI=1S/C19H25F3N4O2/c1-11-16(27)23-6-7-26(11)17(28)25-15(13-8-18(2,3)9-13)12-4-5-14(24-10-12)19(20,21)22/h4-5,10-11,13,15H,6-9H2,1-3H3,(H,23,27)(H,25,28)/t11-,15+/m1/s1. The summed E-state index contributed by atoms with van der Waals surface area (Å²) in [6, 6.07) is 0.871. The molecule has 1 aromatic rings. The predicted molar refractivity (Wildman–Crippen MR) is 96.2 cm³/mol. The van der Waals surface area contributed by atoms with Crippen LogP contribution >= 0.6 is 0 Å². The number of urea groups is 1. The van der Waals surface area contributed by atoms with E-state index >= 15 is 0 Å². The van der Waals surface area contributed by atoms with E-state index in [9.17, 15) is 22.8 Å². The number of hydrogen-bond acceptors (Lipinski definition) is 3. The summed E-state index contributed by atoms with van der Waals surface area (Å²) < 4.78 is 38.4. The summed E-state index contributed by atoms with van der Waals surface area (Å²) in [5.41, 5.74) is -0.293. The maximum Gasteiger partial charge on any atom is 0.433 e. The number of rotatable bonds is 3. The van der Waals surface area contributed by atoms with Crippen molar-refractivity contribution in [2.75, 3.05) is 13.1 Å². The van der Waals surface area contributed by atoms with Gasteiger partial charge in [0.15, 0.2) is 0 Å². The van der Waals surface area contributed by atoms with Gasteiger partial charge < -0.3 is 15.5 Å². The lowest BCUT2D eigenvalue weighted by atomic mass is 9.61. The SMILES string of the molecule is C[C@@H]1C(=O)NCCN1C(=O)N[C@@H](c1ccc(C(F)(F)F)nc1)C1CC(C)(C)C1. The van der Waals surface area contributed by atoms with Crippen molar-refractivity contribution in [2.24, 2.45) is 11.3 Å². The topological polar surface area (TPSA) is 74.3 Å². The van der Waals surface area contributed by atoms with E-state index < -0.39 is 30.0 Å². The lowest BCUT2D eigenvalue weighted by molar-refractivity contribution is -0.141. The average molecular weight is 398 g/mol. The molecule has 1 aromatic heterocycles. The molecule has 3 amide bonds. The lowest BCUT2D eigenvalue weighted by Gasteiger charge is -2.47. The van der Waals surface area contributed by atoms with Gasteiger partial charge in [0.05, 0.1) is 6.04 Å². The number of carbonyl (C=O) groups excluding carboxylic acids is 2. The minimum atomic E-state index is -4.51. The van der Waals surface area contributed by atoms with Crippen molar-refractivity contribution in [1.29, 1.82) is 0 Å². The van der Waals surface area contributed by atoms with E-state index in [1.54, 1.807) is 6.92 Å². The fourth-order valence-electron chi connectivity index (χ4n) is 4.10. The molecule has 0 bridgehead atoms. The Hall–Kier alpha value is -2.32. The van der Waals surface area contributed by atoms with E-state index in [1.165, 1.54) is 17.2 Å². The molecule has 6 nitrogen and oxygen atoms in total. The molecule has 1 aliphatic heterocycles. The average Bonchev–Trinajstić information content (AvgIpc) is 2.59. The largest absolute Gasteiger partial charge is 0.433 e. The monoisotopic (exact) mass is 398 g/mol. The zero-order valence-electron chi connectivity index (χ0n) is 16.1. The highest BCUT2D eigenvalue weighted by molar-refractivity contribution is 5.88. The van der Waals surface area contributed by atoms with Gasteiger partial charge in [0.2, 0.25) is 5.91 Å². The molecule has 1 aliphatic carbocycles. The number of halogens is 3. The number of alkyl halides is 3. The van der Waals surface area contributed by atoms with Crippen LogP contribution in [0, 0.1) is 11.3 Å². The van der Waals surface area contributed by atoms with Gasteiger partial charge in [-0.2, -0.15) is 13.2 Å². The predicted octanol–water partition coefficient (Wildman–Crippen LogP) is 3.11. The van der Waals surface area contributed by atoms with E-state index in [0.29, 0.717) is 18.7 Å². The summed E-state index contributed by atoms with van der Waals surface area (Å²) in [6.45, 7) is 6.64. The van der Waals surface area contributed by atoms with Crippen molar-refractivity contribution in [1.82, 2.24) is 20.5 Å². The lowest BCUT2D eigenvalue weighted by Crippen LogP contribution is -2.59. The maximum atomic E-state index is 12.8. The summed E-state index contributed by atoms with van der Waals surface area (Å²) in [7, 11) is 0. The quantitative estimate of drug-likeness (QED) is 0.822. The van der Waals surface area contributed by atoms with Gasteiger partial charge in [-0.15, -0.1) is 0 Å². The normalized spacial score (nSPS) is 23.6. The minimum Gasteiger partial charge on any atom is -0.353 e. The van der Waals surface area contributed by atoms with Gasteiger partial charge in [0.25, 0.3) is 0 Å². The number of carbonyl (C=O) groups is 2. The zero-order valence-corrected chi connectivity index (χ0v) is 16.1. The molecular formula is C19H25F3N4O2. The van der Waals surface area contributed by atoms with Crippen LogP contribution in [0.2, 0.25) is 0 Å². The third-order valence-corrected chi connectivity index (χ3v) is 5.58. The second-order valence-corrected chi connectivity index (χ2v) is 8.39. The summed E-state index contributed by atoms with van der Waals surface area (Å²) in [6.07, 6.45) is -1.64. The van der Waals surface area contributed by atoms with E-state index in [2.05, 4.69) is 29.5 Å². The minimum absolute atomic E-state index is 0.103. The van der Waals surface area contributed by atoms with Crippen LogP contribution in [-0.2, 0) is 11.0 Å². The highest BCUT2D eigenvalue weighted by atomic mass is 19.4. The first-order valence-corrected chi connectivity index (χ1v) is 9.36. The molecule has 0 aromatic carbocycles. The number of nitrogens with zero attached hydrogens (tertiary/aromatic N) is 2. The Morgan fingerprint density at radius 2 is 2.04 bits per heavy atom. The Bertz CT molecular complexity index is 741. The third-order valence-electron chi connectivity index (χ3n) is 5.58. The summed E-state index contributed by atoms with van der Waals surface area (Å²) in [5, 5.41) is 5.64. The number of aromatic nitrogens is 1. The van der Waals surface area contributed by atoms with Crippen LogP contribution in [-0.4, -0.2) is 41.0 Å². The van der Waals surface area contributed by atoms with Crippen molar-refractivity contribution in [3.8, 4) is 0 Å². The smallest absolute Gasteiger partial charge is 0.353 e. The van der Waals surface area contributed by atoms with Crippen molar-refractivity contribution < 1.29 is 22.8 Å². The van der Waals surface area contributed by atoms with Gasteiger partial charge in [-0.05, 0) is 42.7 Å². The number of piperazine rings is 1. The molecule has 2 fully saturated rings. The van der Waals surface area contributed by atoms with E-state index in [-0.39, 0.29) is 17.2 Å². The van der Waals surface area contributed by atoms with Crippen molar-refractivity contribution in [3.05, 3.63) is 29.6 Å². The second kappa shape index (κ2) is 7.25. The summed E-state index contributed by atoms with van der Waals surface area (Å²) in [5.74, 6) is -0.120. The Labute approximate surface area is 161 Å². The molecule has 2 heterocycles. The molecule has 0 radical (unpaired) electrons. The highest BCUT2D eigenvalue weighted by Crippen LogP contribution is 2.50. The molecule has 154 valence electrons. The van der Waals surface area contributed by atoms with Gasteiger partial charge in [0, 0.05) is 19.3 Å². The molecule has 2 N–H and O–H groups in total. The Kier molecular flexibility index (Phi) is 5.29. The van der Waals surface area contributed by atoms with Gasteiger partial charge in [-0.1, -0.05) is 19.9 Å². The summed E-state index contributed by atoms with van der Waals surface area (Å²) in [4.78, 5) is 29.6. The zero-order chi connectivity index (χ0) is 20.7. The van der Waals surface area contributed by atoms with E-state index in [1.807, 2.05) is 0 Å². The first-order chi connectivity index (χ1) is 13.0. The number of hydrogen-bond donors (Lipinski definition) is 2. The fourth-order valence-corrected chi connectivity index (χ4v) is 4.10. The van der Waals surface area contributed by atoms with E-state index in [4.69, 9.17) is 0 Å². The molecule has 28 heavy (non-hydrogen) atoms. The maximum absolute atomic E-state index is 12.8. The van der Waals surface area contributed by atoms with Crippen LogP contribution < -0.4 is 10.6 Å². The van der Waals surface area contributed by atoms with Gasteiger partial charge in [-0.25, -0.2) is 4.79 Å². The molecule has 3 rings (SSSR count). The number of nitrogens with one attached hydrogen (secondary N) is 2. The van der Waals surface area contributed by atoms with Crippen LogP contribution in [0.4, 0.5) is 18.0 Å². The van der Waals surface area contributed by atoms with Crippen LogP contribution in [0.25, 0.3) is 0 Å². The van der Waals surface area contributed by atoms with Gasteiger partial charge in [-0.3, -0.25) is 9.78 Å². The first-order valence-electron chi connectivity index (χ1n) is 9.36. The Morgan fingerprint density at radius 1 is 1.36 bits per heavy atom. The molecule has 2 atom stereocenters. The molecule has 1 saturated carbocycles. The molecule has 0 unspecified atom stereocenters. The molecule has 0 spiro atoms. The Morgan fingerprint density at radius 3 is 2.57 bits per heavy atom. The molecular weight excluding hydrogens is 373 g/mol. The van der Waals surface area contributed by atoms with Crippen molar-refractivity contribution in [3.63, 3.8) is 0 Å². The molecule has 2 aliphatic rings. The van der Waals surface area contributed by atoms with Crippen molar-refractivity contribution >= 4 is 11.9 Å². The molecule has 1 saturated heterocycles. The number of pyridine rings is 1. The number of amides is 3. The second-order valence-electron chi connectivity index (χ2n) is 8.39. The van der Waals surface area contributed by atoms with E-state index in [0.717, 1.165) is 18.9 Å². The van der Waals surface area contributed by atoms with Gasteiger partial charge >= 0.3 is 12.2 Å². The summed E-state index contributed by atoms with van der Waals surface area (Å²) >= 11 is 0. The van der Waals surface area contributed by atoms with Crippen LogP contribution in [0.15, 0.2) is 18.3 Å². The fraction of sp³-hybridized carbons (Fsp3) is 0.632.